The summed E-state index contributed by atoms with van der Waals surface area (Å²) in [5, 5.41) is 6.93. The Morgan fingerprint density at radius 3 is 2.61 bits per heavy atom. The zero-order chi connectivity index (χ0) is 19.8. The molecule has 1 heterocycles. The summed E-state index contributed by atoms with van der Waals surface area (Å²) >= 11 is 0. The van der Waals surface area contributed by atoms with Crippen molar-refractivity contribution in [2.45, 2.75) is 25.9 Å². The van der Waals surface area contributed by atoms with Crippen LogP contribution in [0.4, 0.5) is 5.69 Å². The molecular weight excluding hydrogens is 352 g/mol. The Bertz CT molecular complexity index is 776. The molecule has 0 aliphatic carbocycles. The third kappa shape index (κ3) is 5.09. The number of hydrogen-bond donors (Lipinski definition) is 2. The minimum atomic E-state index is 0.346. The van der Waals surface area contributed by atoms with Gasteiger partial charge in [0.25, 0.3) is 0 Å². The SMILES string of the molecule is CCNC(=NCc1ccc(OC)cc1)NC1CCN(c2ccccc2OC)C1. The number of nitrogens with one attached hydrogen (secondary N) is 2. The van der Waals surface area contributed by atoms with E-state index in [-0.39, 0.29) is 0 Å². The first kappa shape index (κ1) is 19.9. The van der Waals surface area contributed by atoms with E-state index >= 15 is 0 Å². The standard InChI is InChI=1S/C22H30N4O2/c1-4-23-22(24-15-17-9-11-19(27-2)12-10-17)25-18-13-14-26(16-18)20-7-5-6-8-21(20)28-3/h5-12,18H,4,13-16H2,1-3H3,(H2,23,24,25). The van der Waals surface area contributed by atoms with Crippen molar-refractivity contribution in [2.75, 3.05) is 38.8 Å². The van der Waals surface area contributed by atoms with Gasteiger partial charge in [-0.2, -0.15) is 0 Å². The number of para-hydroxylation sites is 2. The molecule has 1 fully saturated rings. The molecule has 1 atom stereocenters. The van der Waals surface area contributed by atoms with Crippen LogP contribution < -0.4 is 25.0 Å². The van der Waals surface area contributed by atoms with Crippen molar-refractivity contribution in [1.82, 2.24) is 10.6 Å². The van der Waals surface area contributed by atoms with Crippen molar-refractivity contribution in [3.8, 4) is 11.5 Å². The summed E-state index contributed by atoms with van der Waals surface area (Å²) in [5.41, 5.74) is 2.30. The topological polar surface area (TPSA) is 58.1 Å². The van der Waals surface area contributed by atoms with Crippen molar-refractivity contribution in [3.63, 3.8) is 0 Å². The fraction of sp³-hybridized carbons (Fsp3) is 0.409. The third-order valence-electron chi connectivity index (χ3n) is 4.88. The first-order valence-corrected chi connectivity index (χ1v) is 9.79. The molecule has 2 aromatic rings. The van der Waals surface area contributed by atoms with Crippen LogP contribution in [-0.4, -0.2) is 45.9 Å². The van der Waals surface area contributed by atoms with E-state index in [1.807, 2.05) is 36.4 Å². The molecule has 150 valence electrons. The molecular formula is C22H30N4O2. The lowest BCUT2D eigenvalue weighted by molar-refractivity contribution is 0.414. The highest BCUT2D eigenvalue weighted by Crippen LogP contribution is 2.30. The molecule has 1 aliphatic heterocycles. The zero-order valence-electron chi connectivity index (χ0n) is 16.9. The van der Waals surface area contributed by atoms with Crippen LogP contribution in [0.1, 0.15) is 18.9 Å². The lowest BCUT2D eigenvalue weighted by atomic mass is 10.2. The fourth-order valence-corrected chi connectivity index (χ4v) is 3.40. The van der Waals surface area contributed by atoms with Crippen molar-refractivity contribution in [1.29, 1.82) is 0 Å². The molecule has 0 radical (unpaired) electrons. The number of benzene rings is 2. The van der Waals surface area contributed by atoms with Crippen LogP contribution in [0, 0.1) is 0 Å². The summed E-state index contributed by atoms with van der Waals surface area (Å²) in [6.45, 7) is 5.46. The van der Waals surface area contributed by atoms with Crippen LogP contribution in [-0.2, 0) is 6.54 Å². The number of aliphatic imine (C=N–C) groups is 1. The maximum atomic E-state index is 5.51. The highest BCUT2D eigenvalue weighted by atomic mass is 16.5. The quantitative estimate of drug-likeness (QED) is 0.569. The Hall–Kier alpha value is -2.89. The van der Waals surface area contributed by atoms with Crippen LogP contribution in [0.2, 0.25) is 0 Å². The van der Waals surface area contributed by atoms with E-state index < -0.39 is 0 Å². The van der Waals surface area contributed by atoms with Crippen molar-refractivity contribution >= 4 is 11.6 Å². The molecule has 3 rings (SSSR count). The highest BCUT2D eigenvalue weighted by molar-refractivity contribution is 5.80. The van der Waals surface area contributed by atoms with Gasteiger partial charge in [-0.25, -0.2) is 4.99 Å². The Kier molecular flexibility index (Phi) is 7.00. The van der Waals surface area contributed by atoms with Crippen LogP contribution in [0.25, 0.3) is 0 Å². The minimum absolute atomic E-state index is 0.346. The van der Waals surface area contributed by atoms with Crippen LogP contribution in [0.3, 0.4) is 0 Å². The van der Waals surface area contributed by atoms with Gasteiger partial charge in [-0.05, 0) is 43.2 Å². The number of ether oxygens (including phenoxy) is 2. The Morgan fingerprint density at radius 2 is 1.89 bits per heavy atom. The number of nitrogens with zero attached hydrogens (tertiary/aromatic N) is 2. The molecule has 1 unspecified atom stereocenters. The van der Waals surface area contributed by atoms with Crippen LogP contribution in [0.5, 0.6) is 11.5 Å². The van der Waals surface area contributed by atoms with E-state index in [2.05, 4.69) is 34.6 Å². The maximum absolute atomic E-state index is 5.51. The third-order valence-corrected chi connectivity index (χ3v) is 4.88. The largest absolute Gasteiger partial charge is 0.497 e. The average Bonchev–Trinajstić information content (AvgIpc) is 3.21. The molecule has 0 bridgehead atoms. The van der Waals surface area contributed by atoms with E-state index in [1.165, 1.54) is 0 Å². The second kappa shape index (κ2) is 9.88. The van der Waals surface area contributed by atoms with Gasteiger partial charge < -0.3 is 25.0 Å². The zero-order valence-corrected chi connectivity index (χ0v) is 16.9. The van der Waals surface area contributed by atoms with E-state index in [0.717, 1.165) is 54.8 Å². The van der Waals surface area contributed by atoms with E-state index in [4.69, 9.17) is 14.5 Å². The average molecular weight is 383 g/mol. The molecule has 1 aliphatic rings. The van der Waals surface area contributed by atoms with E-state index in [0.29, 0.717) is 12.6 Å². The van der Waals surface area contributed by atoms with Gasteiger partial charge in [0.15, 0.2) is 5.96 Å². The monoisotopic (exact) mass is 382 g/mol. The summed E-state index contributed by atoms with van der Waals surface area (Å²) < 4.78 is 10.7. The predicted octanol–water partition coefficient (Wildman–Crippen LogP) is 3.04. The number of hydrogen-bond acceptors (Lipinski definition) is 4. The van der Waals surface area contributed by atoms with E-state index in [9.17, 15) is 0 Å². The van der Waals surface area contributed by atoms with Crippen LogP contribution in [0.15, 0.2) is 53.5 Å². The minimum Gasteiger partial charge on any atom is -0.497 e. The molecule has 2 aromatic carbocycles. The van der Waals surface area contributed by atoms with E-state index in [1.54, 1.807) is 14.2 Å². The highest BCUT2D eigenvalue weighted by Gasteiger charge is 2.25. The van der Waals surface area contributed by atoms with Gasteiger partial charge >= 0.3 is 0 Å². The molecule has 0 saturated carbocycles. The lowest BCUT2D eigenvalue weighted by Gasteiger charge is -2.22. The smallest absolute Gasteiger partial charge is 0.191 e. The van der Waals surface area contributed by atoms with Gasteiger partial charge in [0.1, 0.15) is 11.5 Å². The van der Waals surface area contributed by atoms with Crippen LogP contribution >= 0.6 is 0 Å². The Balaban J connectivity index is 1.61. The molecule has 0 spiro atoms. The first-order valence-electron chi connectivity index (χ1n) is 9.79. The number of guanidine groups is 1. The van der Waals surface area contributed by atoms with Gasteiger partial charge in [-0.15, -0.1) is 0 Å². The Morgan fingerprint density at radius 1 is 1.11 bits per heavy atom. The van der Waals surface area contributed by atoms with Crippen molar-refractivity contribution in [3.05, 3.63) is 54.1 Å². The molecule has 6 nitrogen and oxygen atoms in total. The van der Waals surface area contributed by atoms with Gasteiger partial charge in [0.2, 0.25) is 0 Å². The van der Waals surface area contributed by atoms with Crippen molar-refractivity contribution in [2.24, 2.45) is 4.99 Å². The summed E-state index contributed by atoms with van der Waals surface area (Å²) in [6.07, 6.45) is 1.06. The predicted molar refractivity (Wildman–Crippen MR) is 115 cm³/mol. The summed E-state index contributed by atoms with van der Waals surface area (Å²) in [5.74, 6) is 2.63. The number of methoxy groups -OCH3 is 2. The normalized spacial score (nSPS) is 16.8. The molecule has 6 heteroatoms. The van der Waals surface area contributed by atoms with Gasteiger partial charge in [0.05, 0.1) is 26.5 Å². The Labute approximate surface area is 167 Å². The van der Waals surface area contributed by atoms with Gasteiger partial charge in [0, 0.05) is 25.7 Å². The number of anilines is 1. The molecule has 1 saturated heterocycles. The maximum Gasteiger partial charge on any atom is 0.191 e. The first-order chi connectivity index (χ1) is 13.7. The summed E-state index contributed by atoms with van der Waals surface area (Å²) in [6, 6.07) is 16.6. The molecule has 0 amide bonds. The lowest BCUT2D eigenvalue weighted by Crippen LogP contribution is -2.44. The second-order valence-corrected chi connectivity index (χ2v) is 6.79. The summed E-state index contributed by atoms with van der Waals surface area (Å²) in [4.78, 5) is 7.11. The van der Waals surface area contributed by atoms with Crippen molar-refractivity contribution < 1.29 is 9.47 Å². The molecule has 2 N–H and O–H groups in total. The summed E-state index contributed by atoms with van der Waals surface area (Å²) in [7, 11) is 3.40. The molecule has 0 aromatic heterocycles. The number of rotatable bonds is 7. The fourth-order valence-electron chi connectivity index (χ4n) is 3.40. The van der Waals surface area contributed by atoms with Gasteiger partial charge in [-0.3, -0.25) is 0 Å². The van der Waals surface area contributed by atoms with Gasteiger partial charge in [-0.1, -0.05) is 24.3 Å². The second-order valence-electron chi connectivity index (χ2n) is 6.79. The molecule has 28 heavy (non-hydrogen) atoms.